The number of hydrogen-bond donors (Lipinski definition) is 2. The summed E-state index contributed by atoms with van der Waals surface area (Å²) in [6, 6.07) is 4.46. The summed E-state index contributed by atoms with van der Waals surface area (Å²) in [6.07, 6.45) is 0.574. The maximum absolute atomic E-state index is 13.4. The molecule has 1 amide bonds. The lowest BCUT2D eigenvalue weighted by Gasteiger charge is -2.17. The van der Waals surface area contributed by atoms with Gasteiger partial charge in [0.05, 0.1) is 0 Å². The van der Waals surface area contributed by atoms with Gasteiger partial charge in [0.2, 0.25) is 0 Å². The second-order valence-corrected chi connectivity index (χ2v) is 5.22. The van der Waals surface area contributed by atoms with Crippen LogP contribution in [0.2, 0.25) is 0 Å². The fourth-order valence-corrected chi connectivity index (χ4v) is 1.63. The minimum atomic E-state index is -0.387. The number of nitrogens with two attached hydrogens (primary N) is 1. The van der Waals surface area contributed by atoms with Crippen LogP contribution < -0.4 is 15.8 Å². The third-order valence-corrected chi connectivity index (χ3v) is 3.12. The van der Waals surface area contributed by atoms with Gasteiger partial charge in [-0.3, -0.25) is 4.79 Å². The average Bonchev–Trinajstić information content (AvgIpc) is 2.36. The number of ether oxygens (including phenoxy) is 1. The highest BCUT2D eigenvalue weighted by atomic mass is 19.1. The van der Waals surface area contributed by atoms with E-state index in [1.807, 2.05) is 20.8 Å². The molecular weight excluding hydrogens is 259 g/mol. The van der Waals surface area contributed by atoms with Gasteiger partial charge in [-0.05, 0) is 43.5 Å². The van der Waals surface area contributed by atoms with Crippen molar-refractivity contribution in [1.29, 1.82) is 0 Å². The molecule has 4 nitrogen and oxygen atoms in total. The van der Waals surface area contributed by atoms with Crippen LogP contribution in [0.1, 0.15) is 26.3 Å². The minimum absolute atomic E-state index is 0.0754. The highest BCUT2D eigenvalue weighted by Gasteiger charge is 2.11. The maximum Gasteiger partial charge on any atom is 0.258 e. The lowest BCUT2D eigenvalue weighted by atomic mass is 10.1. The minimum Gasteiger partial charge on any atom is -0.484 e. The first-order valence-corrected chi connectivity index (χ1v) is 6.84. The van der Waals surface area contributed by atoms with Crippen molar-refractivity contribution in [2.24, 2.45) is 11.7 Å². The largest absolute Gasteiger partial charge is 0.484 e. The van der Waals surface area contributed by atoms with Crippen molar-refractivity contribution in [2.75, 3.05) is 13.2 Å². The molecule has 3 N–H and O–H groups in total. The van der Waals surface area contributed by atoms with Crippen molar-refractivity contribution >= 4 is 5.91 Å². The van der Waals surface area contributed by atoms with E-state index >= 15 is 0 Å². The van der Waals surface area contributed by atoms with Crippen LogP contribution in [0.3, 0.4) is 0 Å². The van der Waals surface area contributed by atoms with Gasteiger partial charge in [0, 0.05) is 12.1 Å². The summed E-state index contributed by atoms with van der Waals surface area (Å²) in [4.78, 5) is 11.7. The van der Waals surface area contributed by atoms with E-state index in [4.69, 9.17) is 10.5 Å². The molecule has 1 unspecified atom stereocenters. The smallest absolute Gasteiger partial charge is 0.258 e. The predicted octanol–water partition coefficient (Wildman–Crippen LogP) is 1.87. The van der Waals surface area contributed by atoms with Gasteiger partial charge in [-0.25, -0.2) is 4.39 Å². The average molecular weight is 282 g/mol. The maximum atomic E-state index is 13.4. The van der Waals surface area contributed by atoms with E-state index in [1.165, 1.54) is 12.1 Å². The number of hydrogen-bond acceptors (Lipinski definition) is 3. The van der Waals surface area contributed by atoms with Gasteiger partial charge in [-0.2, -0.15) is 0 Å². The molecule has 0 aliphatic rings. The zero-order valence-electron chi connectivity index (χ0n) is 12.3. The molecule has 0 aromatic heterocycles. The van der Waals surface area contributed by atoms with Gasteiger partial charge in [0.25, 0.3) is 5.91 Å². The Labute approximate surface area is 119 Å². The summed E-state index contributed by atoms with van der Waals surface area (Å²) in [6.45, 7) is 6.30. The van der Waals surface area contributed by atoms with Crippen LogP contribution in [0.4, 0.5) is 4.39 Å². The molecule has 0 fully saturated rings. The molecule has 0 spiro atoms. The van der Waals surface area contributed by atoms with E-state index in [2.05, 4.69) is 5.32 Å². The second kappa shape index (κ2) is 7.85. The van der Waals surface area contributed by atoms with E-state index in [1.54, 1.807) is 6.07 Å². The molecule has 20 heavy (non-hydrogen) atoms. The van der Waals surface area contributed by atoms with E-state index in [0.717, 1.165) is 5.56 Å². The molecule has 0 heterocycles. The lowest BCUT2D eigenvalue weighted by Crippen LogP contribution is -2.38. The van der Waals surface area contributed by atoms with Crippen LogP contribution in [0.15, 0.2) is 18.2 Å². The molecule has 1 aromatic carbocycles. The number of rotatable bonds is 7. The molecule has 1 atom stereocenters. The fraction of sp³-hybridized carbons (Fsp3) is 0.533. The van der Waals surface area contributed by atoms with Gasteiger partial charge < -0.3 is 15.8 Å². The van der Waals surface area contributed by atoms with Crippen LogP contribution in [0, 0.1) is 11.7 Å². The summed E-state index contributed by atoms with van der Waals surface area (Å²) in [7, 11) is 0. The van der Waals surface area contributed by atoms with Gasteiger partial charge in [0.15, 0.2) is 6.61 Å². The number of benzene rings is 1. The number of nitrogens with one attached hydrogen (secondary N) is 1. The Bertz CT molecular complexity index is 449. The summed E-state index contributed by atoms with van der Waals surface area (Å²) < 4.78 is 18.7. The topological polar surface area (TPSA) is 64.3 Å². The molecule has 1 aromatic rings. The quantitative estimate of drug-likeness (QED) is 0.802. The Morgan fingerprint density at radius 1 is 1.35 bits per heavy atom. The van der Waals surface area contributed by atoms with Crippen LogP contribution in [-0.4, -0.2) is 25.1 Å². The highest BCUT2D eigenvalue weighted by molar-refractivity contribution is 5.77. The monoisotopic (exact) mass is 282 g/mol. The Hall–Kier alpha value is -1.62. The standard InChI is InChI=1S/C15H23FN2O2/c1-10(2)11(3)18-15(19)9-20-14-7-12(4-5-17)6-13(16)8-14/h6-8,10-11H,4-5,9,17H2,1-3H3,(H,18,19). The van der Waals surface area contributed by atoms with Crippen LogP contribution in [0.25, 0.3) is 0 Å². The van der Waals surface area contributed by atoms with E-state index < -0.39 is 0 Å². The number of amides is 1. The van der Waals surface area contributed by atoms with E-state index in [-0.39, 0.29) is 24.4 Å². The summed E-state index contributed by atoms with van der Waals surface area (Å²) >= 11 is 0. The van der Waals surface area contributed by atoms with Crippen molar-refractivity contribution in [3.63, 3.8) is 0 Å². The Kier molecular flexibility index (Phi) is 6.45. The molecule has 0 aliphatic heterocycles. The SMILES string of the molecule is CC(C)C(C)NC(=O)COc1cc(F)cc(CCN)c1. The zero-order chi connectivity index (χ0) is 15.1. The predicted molar refractivity (Wildman–Crippen MR) is 77.1 cm³/mol. The first-order chi connectivity index (χ1) is 9.42. The van der Waals surface area contributed by atoms with Crippen molar-refractivity contribution in [1.82, 2.24) is 5.32 Å². The molecule has 0 bridgehead atoms. The first kappa shape index (κ1) is 16.4. The second-order valence-electron chi connectivity index (χ2n) is 5.22. The summed E-state index contributed by atoms with van der Waals surface area (Å²) in [5, 5.41) is 2.83. The van der Waals surface area contributed by atoms with Gasteiger partial charge >= 0.3 is 0 Å². The lowest BCUT2D eigenvalue weighted by molar-refractivity contribution is -0.124. The fourth-order valence-electron chi connectivity index (χ4n) is 1.63. The highest BCUT2D eigenvalue weighted by Crippen LogP contribution is 2.16. The number of carbonyl (C=O) groups is 1. The normalized spacial score (nSPS) is 12.3. The molecule has 5 heteroatoms. The van der Waals surface area contributed by atoms with Crippen LogP contribution in [0.5, 0.6) is 5.75 Å². The van der Waals surface area contributed by atoms with Gasteiger partial charge in [0.1, 0.15) is 11.6 Å². The molecule has 0 saturated carbocycles. The zero-order valence-corrected chi connectivity index (χ0v) is 12.3. The Morgan fingerprint density at radius 2 is 2.05 bits per heavy atom. The Morgan fingerprint density at radius 3 is 2.65 bits per heavy atom. The van der Waals surface area contributed by atoms with Gasteiger partial charge in [-0.15, -0.1) is 0 Å². The first-order valence-electron chi connectivity index (χ1n) is 6.84. The molecule has 0 aliphatic carbocycles. The molecular formula is C15H23FN2O2. The van der Waals surface area contributed by atoms with Gasteiger partial charge in [-0.1, -0.05) is 13.8 Å². The third kappa shape index (κ3) is 5.57. The molecule has 1 rings (SSSR count). The molecule has 0 radical (unpaired) electrons. The molecule has 0 saturated heterocycles. The Balaban J connectivity index is 2.54. The number of halogens is 1. The van der Waals surface area contributed by atoms with Crippen molar-refractivity contribution in [2.45, 2.75) is 33.2 Å². The molecule has 112 valence electrons. The third-order valence-electron chi connectivity index (χ3n) is 3.12. The number of carbonyl (C=O) groups excluding carboxylic acids is 1. The van der Waals surface area contributed by atoms with Crippen molar-refractivity contribution in [3.8, 4) is 5.75 Å². The summed E-state index contributed by atoms with van der Waals surface area (Å²) in [5.74, 6) is 0.0998. The van der Waals surface area contributed by atoms with E-state index in [9.17, 15) is 9.18 Å². The summed E-state index contributed by atoms with van der Waals surface area (Å²) in [5.41, 5.74) is 6.20. The van der Waals surface area contributed by atoms with Crippen LogP contribution >= 0.6 is 0 Å². The van der Waals surface area contributed by atoms with Crippen molar-refractivity contribution < 1.29 is 13.9 Å². The van der Waals surface area contributed by atoms with E-state index in [0.29, 0.717) is 24.6 Å². The van der Waals surface area contributed by atoms with Crippen LogP contribution in [-0.2, 0) is 11.2 Å². The van der Waals surface area contributed by atoms with Crippen molar-refractivity contribution in [3.05, 3.63) is 29.6 Å².